The number of aromatic nitrogens is 4. The molecular weight excluding hydrogens is 711 g/mol. The number of nitrogens with one attached hydrogen (secondary N) is 4. The topological polar surface area (TPSA) is 164 Å². The zero-order chi connectivity index (χ0) is 39.2. The van der Waals surface area contributed by atoms with E-state index in [1.54, 1.807) is 13.3 Å². The molecule has 0 radical (unpaired) electrons. The van der Waals surface area contributed by atoms with Crippen LogP contribution in [-0.2, 0) is 25.7 Å². The first kappa shape index (κ1) is 37.2. The number of likely N-dealkylation sites (tertiary alicyclic amines) is 1. The van der Waals surface area contributed by atoms with Crippen molar-refractivity contribution in [2.24, 2.45) is 5.92 Å². The standard InChI is InChI=1S/C43H49N7O6/c1-22-8-7-9-33(47-42(52)38(25(22)4)49-43(53)55-6)40-44-20-34(46-40)27-11-13-29-28(17-27)21-56-36-19-30-26(18-31(29)36)12-14-32-39(30)48-41(45-32)35-15-10-23(2)50(35)37(51)16-24(3)54-5/h11-14,17-20,23-25,33,35,38H,1,7-10,15-16,21H2,2-6H3,(H,44,46)(H,45,48)(H,47,52)(H,49,53). The second-order valence-corrected chi connectivity index (χ2v) is 15.5. The van der Waals surface area contributed by atoms with E-state index in [0.29, 0.717) is 25.3 Å². The minimum Gasteiger partial charge on any atom is -0.488 e. The Morgan fingerprint density at radius 3 is 2.70 bits per heavy atom. The number of hydrogen-bond acceptors (Lipinski definition) is 8. The Kier molecular flexibility index (Phi) is 10.0. The van der Waals surface area contributed by atoms with Crippen molar-refractivity contribution in [1.82, 2.24) is 35.5 Å². The zero-order valence-corrected chi connectivity index (χ0v) is 32.5. The highest BCUT2D eigenvalue weighted by Gasteiger charge is 2.38. The number of carbonyl (C=O) groups is 3. The molecule has 3 aromatic carbocycles. The van der Waals surface area contributed by atoms with Crippen LogP contribution in [0.4, 0.5) is 4.79 Å². The zero-order valence-electron chi connectivity index (χ0n) is 32.5. The van der Waals surface area contributed by atoms with Crippen LogP contribution in [0.2, 0.25) is 0 Å². The number of imidazole rings is 2. The number of aromatic amines is 2. The maximum absolute atomic E-state index is 13.4. The molecular formula is C43H49N7O6. The molecule has 4 N–H and O–H groups in total. The Hall–Kier alpha value is -5.69. The highest BCUT2D eigenvalue weighted by atomic mass is 16.5. The van der Waals surface area contributed by atoms with Gasteiger partial charge in [0.1, 0.15) is 30.0 Å². The molecule has 3 aliphatic heterocycles. The maximum Gasteiger partial charge on any atom is 0.407 e. The van der Waals surface area contributed by atoms with Crippen LogP contribution in [0.5, 0.6) is 5.75 Å². The van der Waals surface area contributed by atoms with E-state index < -0.39 is 12.1 Å². The molecule has 0 spiro atoms. The summed E-state index contributed by atoms with van der Waals surface area (Å²) in [6, 6.07) is 13.6. The summed E-state index contributed by atoms with van der Waals surface area (Å²) in [6.45, 7) is 10.5. The van der Waals surface area contributed by atoms with Crippen LogP contribution in [0.25, 0.3) is 44.2 Å². The molecule has 13 heteroatoms. The molecule has 2 saturated heterocycles. The number of rotatable bonds is 7. The molecule has 0 bridgehead atoms. The number of hydrogen-bond donors (Lipinski definition) is 4. The van der Waals surface area contributed by atoms with E-state index in [-0.39, 0.29) is 42.0 Å². The number of ether oxygens (including phenoxy) is 3. The normalized spacial score (nSPS) is 23.0. The van der Waals surface area contributed by atoms with Crippen LogP contribution in [-0.4, -0.2) is 75.2 Å². The summed E-state index contributed by atoms with van der Waals surface area (Å²) >= 11 is 0. The second-order valence-electron chi connectivity index (χ2n) is 15.5. The van der Waals surface area contributed by atoms with Gasteiger partial charge in [0.2, 0.25) is 11.8 Å². The van der Waals surface area contributed by atoms with Gasteiger partial charge in [0, 0.05) is 30.0 Å². The monoisotopic (exact) mass is 759 g/mol. The van der Waals surface area contributed by atoms with Gasteiger partial charge >= 0.3 is 6.09 Å². The Bertz CT molecular complexity index is 2350. The van der Waals surface area contributed by atoms with Crippen molar-refractivity contribution in [2.45, 2.75) is 96.2 Å². The molecule has 0 saturated carbocycles. The summed E-state index contributed by atoms with van der Waals surface area (Å²) in [6.07, 6.45) is 5.29. The Balaban J connectivity index is 1.04. The van der Waals surface area contributed by atoms with E-state index in [0.717, 1.165) is 92.6 Å². The van der Waals surface area contributed by atoms with Crippen LogP contribution < -0.4 is 15.4 Å². The summed E-state index contributed by atoms with van der Waals surface area (Å²) in [7, 11) is 2.91. The molecule has 5 aromatic rings. The van der Waals surface area contributed by atoms with Gasteiger partial charge in [-0.25, -0.2) is 14.8 Å². The lowest BCUT2D eigenvalue weighted by Gasteiger charge is -2.28. The number of fused-ring (bicyclic) bond motifs is 6. The van der Waals surface area contributed by atoms with Crippen LogP contribution in [0.15, 0.2) is 60.8 Å². The molecule has 56 heavy (non-hydrogen) atoms. The van der Waals surface area contributed by atoms with Gasteiger partial charge in [-0.05, 0) is 92.3 Å². The van der Waals surface area contributed by atoms with Gasteiger partial charge < -0.3 is 39.7 Å². The lowest BCUT2D eigenvalue weighted by atomic mass is 9.91. The third-order valence-electron chi connectivity index (χ3n) is 11.9. The minimum absolute atomic E-state index is 0.0851. The van der Waals surface area contributed by atoms with E-state index in [1.165, 1.54) is 7.11 Å². The van der Waals surface area contributed by atoms with E-state index in [2.05, 4.69) is 81.6 Å². The van der Waals surface area contributed by atoms with Crippen molar-refractivity contribution in [2.75, 3.05) is 14.2 Å². The number of nitrogens with zero attached hydrogens (tertiary/aromatic N) is 3. The summed E-state index contributed by atoms with van der Waals surface area (Å²) < 4.78 is 16.6. The molecule has 0 aliphatic carbocycles. The van der Waals surface area contributed by atoms with Gasteiger partial charge in [0.15, 0.2) is 0 Å². The van der Waals surface area contributed by atoms with E-state index in [1.807, 2.05) is 18.7 Å². The minimum atomic E-state index is -0.812. The third kappa shape index (κ3) is 6.89. The summed E-state index contributed by atoms with van der Waals surface area (Å²) in [5, 5.41) is 7.82. The van der Waals surface area contributed by atoms with Crippen molar-refractivity contribution in [3.05, 3.63) is 78.0 Å². The fraction of sp³-hybridized carbons (Fsp3) is 0.419. The molecule has 6 unspecified atom stereocenters. The fourth-order valence-electron chi connectivity index (χ4n) is 8.54. The van der Waals surface area contributed by atoms with Gasteiger partial charge in [-0.3, -0.25) is 9.59 Å². The van der Waals surface area contributed by atoms with E-state index in [4.69, 9.17) is 19.2 Å². The van der Waals surface area contributed by atoms with Crippen molar-refractivity contribution in [3.63, 3.8) is 0 Å². The molecule has 8 rings (SSSR count). The lowest BCUT2D eigenvalue weighted by Crippen LogP contribution is -2.51. The van der Waals surface area contributed by atoms with Crippen LogP contribution >= 0.6 is 0 Å². The molecule has 292 valence electrons. The van der Waals surface area contributed by atoms with Crippen molar-refractivity contribution < 1.29 is 28.6 Å². The van der Waals surface area contributed by atoms with Crippen molar-refractivity contribution in [3.8, 4) is 28.1 Å². The Morgan fingerprint density at radius 2 is 1.89 bits per heavy atom. The quantitative estimate of drug-likeness (QED) is 0.125. The van der Waals surface area contributed by atoms with E-state index >= 15 is 0 Å². The largest absolute Gasteiger partial charge is 0.488 e. The number of amides is 3. The first-order valence-electron chi connectivity index (χ1n) is 19.5. The third-order valence-corrected chi connectivity index (χ3v) is 11.9. The fourth-order valence-corrected chi connectivity index (χ4v) is 8.54. The molecule has 6 atom stereocenters. The highest BCUT2D eigenvalue weighted by molar-refractivity contribution is 6.07. The van der Waals surface area contributed by atoms with Gasteiger partial charge in [0.05, 0.1) is 54.6 Å². The van der Waals surface area contributed by atoms with Crippen LogP contribution in [0.3, 0.4) is 0 Å². The summed E-state index contributed by atoms with van der Waals surface area (Å²) in [5.41, 5.74) is 7.63. The van der Waals surface area contributed by atoms with Crippen LogP contribution in [0, 0.1) is 5.92 Å². The SMILES string of the molecule is C=C1CCCC(c2ncc(-c3ccc4c(c3)COc3cc5c(ccc6[nH]c(C7CCC(C)N7C(=O)CC(C)OC)nc65)cc3-4)[nH]2)NC(=O)C(NC(=O)OC)C1C. The number of methoxy groups -OCH3 is 2. The number of alkyl carbamates (subject to hydrolysis) is 1. The molecule has 2 fully saturated rings. The Labute approximate surface area is 325 Å². The maximum atomic E-state index is 13.4. The highest BCUT2D eigenvalue weighted by Crippen LogP contribution is 2.43. The first-order chi connectivity index (χ1) is 27.0. The predicted octanol–water partition coefficient (Wildman–Crippen LogP) is 7.40. The number of carbonyl (C=O) groups excluding carboxylic acids is 3. The van der Waals surface area contributed by atoms with E-state index in [9.17, 15) is 14.4 Å². The summed E-state index contributed by atoms with van der Waals surface area (Å²) in [4.78, 5) is 57.6. The number of H-pyrrole nitrogens is 2. The molecule has 3 amide bonds. The van der Waals surface area contributed by atoms with Crippen LogP contribution in [0.1, 0.15) is 88.6 Å². The smallest absolute Gasteiger partial charge is 0.407 e. The summed E-state index contributed by atoms with van der Waals surface area (Å²) in [5.74, 6) is 1.77. The van der Waals surface area contributed by atoms with Gasteiger partial charge in [0.25, 0.3) is 0 Å². The second kappa shape index (κ2) is 15.1. The average Bonchev–Trinajstić information content (AvgIpc) is 3.97. The predicted molar refractivity (Wildman–Crippen MR) is 213 cm³/mol. The van der Waals surface area contributed by atoms with Crippen molar-refractivity contribution in [1.29, 1.82) is 0 Å². The average molecular weight is 760 g/mol. The molecule has 13 nitrogen and oxygen atoms in total. The van der Waals surface area contributed by atoms with Crippen molar-refractivity contribution >= 4 is 39.7 Å². The van der Waals surface area contributed by atoms with Gasteiger partial charge in [-0.15, -0.1) is 0 Å². The molecule has 3 aliphatic rings. The van der Waals surface area contributed by atoms with Gasteiger partial charge in [-0.1, -0.05) is 37.3 Å². The van der Waals surface area contributed by atoms with Gasteiger partial charge in [-0.2, -0.15) is 0 Å². The Morgan fingerprint density at radius 1 is 1.05 bits per heavy atom. The number of benzene rings is 3. The lowest BCUT2D eigenvalue weighted by molar-refractivity contribution is -0.136. The first-order valence-corrected chi connectivity index (χ1v) is 19.5. The molecule has 5 heterocycles. The molecule has 2 aromatic heterocycles.